The van der Waals surface area contributed by atoms with E-state index in [2.05, 4.69) is 6.92 Å². The molecule has 0 saturated heterocycles. The first kappa shape index (κ1) is 21.4. The number of rotatable bonds is 8. The van der Waals surface area contributed by atoms with Gasteiger partial charge in [0.1, 0.15) is 0 Å². The van der Waals surface area contributed by atoms with Crippen LogP contribution in [0.3, 0.4) is 0 Å². The number of halogens is 1. The highest BCUT2D eigenvalue weighted by Crippen LogP contribution is 2.46. The van der Waals surface area contributed by atoms with E-state index in [9.17, 15) is 9.59 Å². The number of carbonyl (C=O) groups excluding carboxylic acids is 2. The number of nitrogens with zero attached hydrogens (tertiary/aromatic N) is 2. The van der Waals surface area contributed by atoms with Crippen molar-refractivity contribution in [2.24, 2.45) is 0 Å². The molecule has 2 aromatic rings. The molecule has 0 saturated carbocycles. The number of hydrogen-bond acceptors (Lipinski definition) is 2. The van der Waals surface area contributed by atoms with Crippen LogP contribution in [0.4, 0.5) is 0 Å². The zero-order valence-electron chi connectivity index (χ0n) is 18.0. The first-order valence-corrected chi connectivity index (χ1v) is 11.3. The summed E-state index contributed by atoms with van der Waals surface area (Å²) in [6, 6.07) is 17.0. The van der Waals surface area contributed by atoms with Crippen LogP contribution in [0.25, 0.3) is 11.4 Å². The molecule has 0 aliphatic carbocycles. The predicted octanol–water partition coefficient (Wildman–Crippen LogP) is 5.75. The molecule has 160 valence electrons. The normalized spacial score (nSPS) is 16.1. The van der Waals surface area contributed by atoms with Crippen LogP contribution in [0.5, 0.6) is 0 Å². The molecule has 0 atom stereocenters. The molecule has 2 aromatic carbocycles. The first-order valence-electron chi connectivity index (χ1n) is 10.9. The van der Waals surface area contributed by atoms with E-state index in [1.165, 1.54) is 12.8 Å². The number of hydrogen-bond donors (Lipinski definition) is 0. The van der Waals surface area contributed by atoms with E-state index in [0.29, 0.717) is 34.1 Å². The lowest BCUT2D eigenvalue weighted by Gasteiger charge is -2.23. The largest absolute Gasteiger partial charge is 0.310 e. The predicted molar refractivity (Wildman–Crippen MR) is 125 cm³/mol. The second-order valence-corrected chi connectivity index (χ2v) is 8.49. The van der Waals surface area contributed by atoms with Crippen molar-refractivity contribution in [3.8, 4) is 0 Å². The first-order chi connectivity index (χ1) is 15.0. The number of amides is 2. The minimum atomic E-state index is -0.138. The van der Waals surface area contributed by atoms with E-state index in [1.54, 1.807) is 29.0 Å². The van der Waals surface area contributed by atoms with Crippen molar-refractivity contribution >= 4 is 34.8 Å². The van der Waals surface area contributed by atoms with Crippen molar-refractivity contribution < 1.29 is 9.59 Å². The highest BCUT2D eigenvalue weighted by atomic mass is 35.5. The van der Waals surface area contributed by atoms with E-state index in [-0.39, 0.29) is 11.8 Å². The van der Waals surface area contributed by atoms with Gasteiger partial charge in [-0.2, -0.15) is 0 Å². The van der Waals surface area contributed by atoms with Gasteiger partial charge in [0.2, 0.25) is 0 Å². The summed E-state index contributed by atoms with van der Waals surface area (Å²) in [7, 11) is 1.74. The van der Waals surface area contributed by atoms with E-state index in [1.807, 2.05) is 42.5 Å². The Morgan fingerprint density at radius 3 is 2.03 bits per heavy atom. The molecule has 31 heavy (non-hydrogen) atoms. The van der Waals surface area contributed by atoms with Gasteiger partial charge in [-0.3, -0.25) is 9.59 Å². The molecule has 0 aromatic heterocycles. The summed E-state index contributed by atoms with van der Waals surface area (Å²) >= 11 is 6.10. The fraction of sp³-hybridized carbons (Fsp3) is 0.308. The minimum absolute atomic E-state index is 0.0907. The number of fused-ring (bicyclic) bond motifs is 1. The maximum absolute atomic E-state index is 13.7. The summed E-state index contributed by atoms with van der Waals surface area (Å²) < 4.78 is 0. The van der Waals surface area contributed by atoms with Crippen LogP contribution in [0.2, 0.25) is 5.02 Å². The monoisotopic (exact) mass is 434 g/mol. The van der Waals surface area contributed by atoms with Crippen molar-refractivity contribution in [1.29, 1.82) is 0 Å². The molecule has 0 bridgehead atoms. The number of likely N-dealkylation sites (N-methyl/N-ethyl adjacent to an activating group) is 1. The van der Waals surface area contributed by atoms with Crippen molar-refractivity contribution in [3.05, 3.63) is 81.9 Å². The average Bonchev–Trinajstić information content (AvgIpc) is 3.21. The van der Waals surface area contributed by atoms with Crippen LogP contribution in [0.15, 0.2) is 65.7 Å². The van der Waals surface area contributed by atoms with Crippen LogP contribution in [-0.2, 0) is 9.59 Å². The Bertz CT molecular complexity index is 1050. The third-order valence-electron chi connectivity index (χ3n) is 5.96. The summed E-state index contributed by atoms with van der Waals surface area (Å²) in [6.07, 6.45) is 5.51. The number of benzene rings is 2. The Morgan fingerprint density at radius 1 is 0.742 bits per heavy atom. The van der Waals surface area contributed by atoms with Gasteiger partial charge in [0.25, 0.3) is 11.8 Å². The van der Waals surface area contributed by atoms with E-state index >= 15 is 0 Å². The average molecular weight is 435 g/mol. The van der Waals surface area contributed by atoms with Crippen molar-refractivity contribution in [2.45, 2.75) is 39.0 Å². The highest BCUT2D eigenvalue weighted by Gasteiger charge is 2.47. The van der Waals surface area contributed by atoms with Crippen LogP contribution in [-0.4, -0.2) is 35.2 Å². The summed E-state index contributed by atoms with van der Waals surface area (Å²) in [4.78, 5) is 30.4. The minimum Gasteiger partial charge on any atom is -0.310 e. The standard InChI is InChI=1S/C26H27ClN2O2/c1-3-4-5-6-10-17-29-24(19-13-15-20(27)16-14-19)22-21(26(29)31)23(28(2)25(22)30)18-11-8-7-9-12-18/h7-9,11-16H,3-6,10,17H2,1-2H3. The zero-order chi connectivity index (χ0) is 22.0. The van der Waals surface area contributed by atoms with Gasteiger partial charge in [-0.25, -0.2) is 0 Å². The Labute approximate surface area is 188 Å². The maximum Gasteiger partial charge on any atom is 0.261 e. The lowest BCUT2D eigenvalue weighted by Crippen LogP contribution is -2.29. The Balaban J connectivity index is 1.80. The van der Waals surface area contributed by atoms with Crippen molar-refractivity contribution in [1.82, 2.24) is 9.80 Å². The number of carbonyl (C=O) groups is 2. The molecule has 2 heterocycles. The van der Waals surface area contributed by atoms with Gasteiger partial charge in [0, 0.05) is 18.6 Å². The number of unbranched alkanes of at least 4 members (excludes halogenated alkanes) is 4. The van der Waals surface area contributed by atoms with Gasteiger partial charge < -0.3 is 9.80 Å². The maximum atomic E-state index is 13.7. The molecule has 0 unspecified atom stereocenters. The van der Waals surface area contributed by atoms with E-state index in [0.717, 1.165) is 30.4 Å². The van der Waals surface area contributed by atoms with Gasteiger partial charge in [-0.1, -0.05) is 86.7 Å². The van der Waals surface area contributed by atoms with Crippen molar-refractivity contribution in [2.75, 3.05) is 13.6 Å². The summed E-state index contributed by atoms with van der Waals surface area (Å²) in [5.74, 6) is -0.229. The summed E-state index contributed by atoms with van der Waals surface area (Å²) in [6.45, 7) is 2.79. The smallest absolute Gasteiger partial charge is 0.261 e. The van der Waals surface area contributed by atoms with E-state index < -0.39 is 0 Å². The fourth-order valence-corrected chi connectivity index (χ4v) is 4.52. The summed E-state index contributed by atoms with van der Waals surface area (Å²) in [5, 5.41) is 0.625. The third kappa shape index (κ3) is 3.92. The van der Waals surface area contributed by atoms with E-state index in [4.69, 9.17) is 11.6 Å². The van der Waals surface area contributed by atoms with Gasteiger partial charge in [-0.05, 0) is 29.7 Å². The lowest BCUT2D eigenvalue weighted by atomic mass is 10.0. The second kappa shape index (κ2) is 9.11. The van der Waals surface area contributed by atoms with Crippen LogP contribution in [0, 0.1) is 0 Å². The van der Waals surface area contributed by atoms with Crippen LogP contribution < -0.4 is 0 Å². The second-order valence-electron chi connectivity index (χ2n) is 8.06. The summed E-state index contributed by atoms with van der Waals surface area (Å²) in [5.41, 5.74) is 4.12. The molecule has 0 fully saturated rings. The third-order valence-corrected chi connectivity index (χ3v) is 6.21. The molecule has 0 spiro atoms. The zero-order valence-corrected chi connectivity index (χ0v) is 18.8. The Hall–Kier alpha value is -2.85. The topological polar surface area (TPSA) is 40.6 Å². The Morgan fingerprint density at radius 2 is 1.35 bits per heavy atom. The SMILES string of the molecule is CCCCCCCN1C(=O)C2=C(c3ccccc3)N(C)C(=O)C2=C1c1ccc(Cl)cc1. The van der Waals surface area contributed by atoms with Gasteiger partial charge >= 0.3 is 0 Å². The molecule has 4 nitrogen and oxygen atoms in total. The molecule has 2 aliphatic rings. The lowest BCUT2D eigenvalue weighted by molar-refractivity contribution is -0.123. The molecule has 0 radical (unpaired) electrons. The van der Waals surface area contributed by atoms with Crippen molar-refractivity contribution in [3.63, 3.8) is 0 Å². The molecule has 4 rings (SSSR count). The van der Waals surface area contributed by atoms with Gasteiger partial charge in [0.05, 0.1) is 22.5 Å². The highest BCUT2D eigenvalue weighted by molar-refractivity contribution is 6.31. The quantitative estimate of drug-likeness (QED) is 0.496. The van der Waals surface area contributed by atoms with Gasteiger partial charge in [0.15, 0.2) is 0 Å². The molecule has 5 heteroatoms. The fourth-order valence-electron chi connectivity index (χ4n) is 4.39. The Kier molecular flexibility index (Phi) is 6.28. The van der Waals surface area contributed by atoms with Crippen LogP contribution >= 0.6 is 11.6 Å². The van der Waals surface area contributed by atoms with Crippen LogP contribution in [0.1, 0.15) is 50.2 Å². The molecular weight excluding hydrogens is 408 g/mol. The molecule has 2 aliphatic heterocycles. The van der Waals surface area contributed by atoms with Gasteiger partial charge in [-0.15, -0.1) is 0 Å². The molecule has 0 N–H and O–H groups in total. The molecule has 2 amide bonds. The molecular formula is C26H27ClN2O2.